The summed E-state index contributed by atoms with van der Waals surface area (Å²) in [6.07, 6.45) is 0.669. The van der Waals surface area contributed by atoms with E-state index in [2.05, 4.69) is 10.4 Å². The lowest BCUT2D eigenvalue weighted by Crippen LogP contribution is -2.07. The number of hydrogen-bond acceptors (Lipinski definition) is 6. The second kappa shape index (κ2) is 7.16. The Balaban J connectivity index is 2.39. The van der Waals surface area contributed by atoms with Gasteiger partial charge in [0.2, 0.25) is 11.7 Å². The van der Waals surface area contributed by atoms with Gasteiger partial charge in [0.15, 0.2) is 0 Å². The lowest BCUT2D eigenvalue weighted by atomic mass is 10.2. The zero-order chi connectivity index (χ0) is 17.9. The van der Waals surface area contributed by atoms with Crippen LogP contribution in [0.25, 0.3) is 0 Å². The highest BCUT2D eigenvalue weighted by atomic mass is 19.1. The molecule has 2 aromatic rings. The van der Waals surface area contributed by atoms with E-state index < -0.39 is 16.4 Å². The van der Waals surface area contributed by atoms with Crippen LogP contribution in [-0.4, -0.2) is 28.9 Å². The molecule has 0 amide bonds. The van der Waals surface area contributed by atoms with Crippen molar-refractivity contribution in [1.29, 1.82) is 0 Å². The van der Waals surface area contributed by atoms with Crippen LogP contribution in [0.1, 0.15) is 18.2 Å². The highest BCUT2D eigenvalue weighted by Crippen LogP contribution is 2.33. The number of nitrogens with one attached hydrogen (secondary N) is 1. The lowest BCUT2D eigenvalue weighted by molar-refractivity contribution is -0.386. The Hall–Kier alpha value is -2.84. The first-order chi connectivity index (χ1) is 11.4. The molecule has 1 aromatic heterocycles. The number of nitro benzene ring substituents is 1. The molecule has 0 aliphatic carbocycles. The number of halogens is 1. The second-order valence-electron chi connectivity index (χ2n) is 5.03. The van der Waals surface area contributed by atoms with Gasteiger partial charge >= 0.3 is 5.69 Å². The minimum atomic E-state index is -0.962. The first-order valence-corrected chi connectivity index (χ1v) is 7.27. The molecule has 0 radical (unpaired) electrons. The summed E-state index contributed by atoms with van der Waals surface area (Å²) in [6, 6.07) is 2.36. The monoisotopic (exact) mass is 338 g/mol. The number of nitrogens with zero attached hydrogens (tertiary/aromatic N) is 3. The number of methoxy groups -OCH3 is 2. The lowest BCUT2D eigenvalue weighted by Gasteiger charge is -2.11. The Morgan fingerprint density at radius 2 is 2.08 bits per heavy atom. The van der Waals surface area contributed by atoms with Gasteiger partial charge in [0.05, 0.1) is 30.4 Å². The number of ether oxygens (including phenoxy) is 2. The summed E-state index contributed by atoms with van der Waals surface area (Å²) < 4.78 is 25.9. The molecule has 0 saturated heterocycles. The fourth-order valence-corrected chi connectivity index (χ4v) is 2.52. The van der Waals surface area contributed by atoms with Crippen molar-refractivity contribution in [2.24, 2.45) is 7.05 Å². The number of hydrogen-bond donors (Lipinski definition) is 1. The minimum Gasteiger partial charge on any atom is -0.497 e. The fraction of sp³-hybridized carbons (Fsp3) is 0.400. The maximum atomic E-state index is 14.0. The van der Waals surface area contributed by atoms with Crippen LogP contribution in [0.3, 0.4) is 0 Å². The number of nitro groups is 1. The van der Waals surface area contributed by atoms with E-state index >= 15 is 0 Å². The van der Waals surface area contributed by atoms with E-state index in [0.717, 1.165) is 17.3 Å². The molecule has 1 heterocycles. The van der Waals surface area contributed by atoms with Gasteiger partial charge in [-0.2, -0.15) is 9.49 Å². The predicted octanol–water partition coefficient (Wildman–Crippen LogP) is 2.66. The van der Waals surface area contributed by atoms with Gasteiger partial charge < -0.3 is 14.8 Å². The van der Waals surface area contributed by atoms with E-state index in [4.69, 9.17) is 9.47 Å². The van der Waals surface area contributed by atoms with E-state index in [1.54, 1.807) is 11.7 Å². The van der Waals surface area contributed by atoms with E-state index in [9.17, 15) is 14.5 Å². The molecule has 0 unspecified atom stereocenters. The molecular formula is C15H19FN4O4. The van der Waals surface area contributed by atoms with Crippen molar-refractivity contribution in [3.63, 3.8) is 0 Å². The zero-order valence-electron chi connectivity index (χ0n) is 13.9. The van der Waals surface area contributed by atoms with Crippen molar-refractivity contribution in [3.8, 4) is 11.6 Å². The molecule has 130 valence electrons. The van der Waals surface area contributed by atoms with Crippen LogP contribution >= 0.6 is 0 Å². The van der Waals surface area contributed by atoms with Crippen molar-refractivity contribution in [2.45, 2.75) is 19.9 Å². The van der Waals surface area contributed by atoms with Crippen LogP contribution in [0.2, 0.25) is 0 Å². The van der Waals surface area contributed by atoms with Crippen molar-refractivity contribution >= 4 is 11.4 Å². The topological polar surface area (TPSA) is 91.5 Å². The van der Waals surface area contributed by atoms with Crippen molar-refractivity contribution < 1.29 is 18.8 Å². The average Bonchev–Trinajstić information content (AvgIpc) is 2.86. The van der Waals surface area contributed by atoms with Gasteiger partial charge in [-0.25, -0.2) is 4.68 Å². The van der Waals surface area contributed by atoms with Crippen LogP contribution < -0.4 is 14.8 Å². The summed E-state index contributed by atoms with van der Waals surface area (Å²) in [7, 11) is 4.63. The Bertz CT molecular complexity index is 760. The van der Waals surface area contributed by atoms with Gasteiger partial charge in [-0.15, -0.1) is 0 Å². The molecule has 0 aliphatic rings. The summed E-state index contributed by atoms with van der Waals surface area (Å²) in [5.74, 6) is -0.226. The molecule has 1 aromatic carbocycles. The summed E-state index contributed by atoms with van der Waals surface area (Å²) in [5, 5.41) is 18.4. The fourth-order valence-electron chi connectivity index (χ4n) is 2.52. The van der Waals surface area contributed by atoms with Crippen molar-refractivity contribution in [1.82, 2.24) is 9.78 Å². The van der Waals surface area contributed by atoms with Gasteiger partial charge in [0.1, 0.15) is 11.4 Å². The number of benzene rings is 1. The molecule has 0 aliphatic heterocycles. The van der Waals surface area contributed by atoms with Crippen LogP contribution in [0, 0.1) is 15.9 Å². The molecular weight excluding hydrogens is 319 g/mol. The largest absolute Gasteiger partial charge is 0.497 e. The third-order valence-corrected chi connectivity index (χ3v) is 3.61. The Morgan fingerprint density at radius 1 is 1.38 bits per heavy atom. The van der Waals surface area contributed by atoms with E-state index in [1.165, 1.54) is 20.3 Å². The SMILES string of the molecule is CCc1nn(C)c(OC)c1CNc1cc(OC)cc(F)c1[N+](=O)[O-]. The number of rotatable bonds is 7. The Kier molecular flexibility index (Phi) is 5.22. The zero-order valence-corrected chi connectivity index (χ0v) is 13.9. The summed E-state index contributed by atoms with van der Waals surface area (Å²) in [6.45, 7) is 2.15. The van der Waals surface area contributed by atoms with Crippen LogP contribution in [-0.2, 0) is 20.0 Å². The number of aryl methyl sites for hydroxylation is 2. The first kappa shape index (κ1) is 17.5. The summed E-state index contributed by atoms with van der Waals surface area (Å²) >= 11 is 0. The molecule has 24 heavy (non-hydrogen) atoms. The molecule has 0 fully saturated rings. The number of aromatic nitrogens is 2. The molecule has 0 saturated carbocycles. The molecule has 9 heteroatoms. The normalized spacial score (nSPS) is 10.5. The highest BCUT2D eigenvalue weighted by molar-refractivity contribution is 5.65. The predicted molar refractivity (Wildman–Crippen MR) is 86.1 cm³/mol. The number of anilines is 1. The summed E-state index contributed by atoms with van der Waals surface area (Å²) in [4.78, 5) is 10.4. The van der Waals surface area contributed by atoms with Crippen LogP contribution in [0.4, 0.5) is 15.8 Å². The summed E-state index contributed by atoms with van der Waals surface area (Å²) in [5.41, 5.74) is 0.967. The first-order valence-electron chi connectivity index (χ1n) is 7.27. The highest BCUT2D eigenvalue weighted by Gasteiger charge is 2.23. The molecule has 2 rings (SSSR count). The van der Waals surface area contributed by atoms with E-state index in [0.29, 0.717) is 12.3 Å². The third-order valence-electron chi connectivity index (χ3n) is 3.61. The Labute approximate surface area is 138 Å². The maximum Gasteiger partial charge on any atom is 0.327 e. The molecule has 8 nitrogen and oxygen atoms in total. The second-order valence-corrected chi connectivity index (χ2v) is 5.03. The smallest absolute Gasteiger partial charge is 0.327 e. The van der Waals surface area contributed by atoms with Crippen molar-refractivity contribution in [2.75, 3.05) is 19.5 Å². The quantitative estimate of drug-likeness (QED) is 0.616. The van der Waals surface area contributed by atoms with Gasteiger partial charge in [0.25, 0.3) is 0 Å². The molecule has 1 N–H and O–H groups in total. The van der Waals surface area contributed by atoms with E-state index in [-0.39, 0.29) is 18.0 Å². The van der Waals surface area contributed by atoms with Crippen LogP contribution in [0.5, 0.6) is 11.6 Å². The molecule has 0 bridgehead atoms. The Morgan fingerprint density at radius 3 is 2.62 bits per heavy atom. The minimum absolute atomic E-state index is 0.0322. The van der Waals surface area contributed by atoms with Gasteiger partial charge in [0, 0.05) is 25.7 Å². The standard InChI is InChI=1S/C15H19FN4O4/c1-5-12-10(15(24-4)19(2)18-12)8-17-13-7-9(23-3)6-11(16)14(13)20(21)22/h6-7,17H,5,8H2,1-4H3. The third kappa shape index (κ3) is 3.24. The average molecular weight is 338 g/mol. The van der Waals surface area contributed by atoms with E-state index in [1.807, 2.05) is 6.92 Å². The molecule has 0 atom stereocenters. The molecule has 0 spiro atoms. The van der Waals surface area contributed by atoms with Crippen molar-refractivity contribution in [3.05, 3.63) is 39.3 Å². The van der Waals surface area contributed by atoms with Gasteiger partial charge in [-0.3, -0.25) is 10.1 Å². The maximum absolute atomic E-state index is 14.0. The van der Waals surface area contributed by atoms with Gasteiger partial charge in [-0.05, 0) is 6.42 Å². The van der Waals surface area contributed by atoms with Crippen LogP contribution in [0.15, 0.2) is 12.1 Å². The van der Waals surface area contributed by atoms with Gasteiger partial charge in [-0.1, -0.05) is 6.92 Å².